The Hall–Kier alpha value is -1.84. The Bertz CT molecular complexity index is 514. The Kier molecular flexibility index (Phi) is 1.77. The number of Topliss-reactive ketones (excluding diaryl/α,β-unsaturated/α-hetero) is 1. The average molecular weight is 190 g/mol. The van der Waals surface area contributed by atoms with E-state index in [-0.39, 0.29) is 11.5 Å². The molecule has 2 heterocycles. The maximum absolute atomic E-state index is 11.2. The van der Waals surface area contributed by atoms with Crippen molar-refractivity contribution in [2.24, 2.45) is 0 Å². The Morgan fingerprint density at radius 2 is 2.29 bits per heavy atom. The predicted molar refractivity (Wildman–Crippen MR) is 53.2 cm³/mol. The first-order valence-corrected chi connectivity index (χ1v) is 4.25. The highest BCUT2D eigenvalue weighted by Gasteiger charge is 2.16. The number of hydrogen-bond donors (Lipinski definition) is 1. The molecule has 0 amide bonds. The molecular formula is C10H10N2O2. The molecule has 72 valence electrons. The molecule has 4 heteroatoms. The van der Waals surface area contributed by atoms with Crippen molar-refractivity contribution < 1.29 is 9.21 Å². The number of carbonyl (C=O) groups excluding carboxylic acids is 1. The first-order chi connectivity index (χ1) is 6.61. The predicted octanol–water partition coefficient (Wildman–Crippen LogP) is 1.92. The molecule has 2 rings (SSSR count). The zero-order chi connectivity index (χ0) is 10.3. The van der Waals surface area contributed by atoms with Gasteiger partial charge in [0, 0.05) is 18.8 Å². The highest BCUT2D eigenvalue weighted by Crippen LogP contribution is 2.28. The fourth-order valence-corrected chi connectivity index (χ4v) is 1.51. The van der Waals surface area contributed by atoms with E-state index in [4.69, 9.17) is 10.2 Å². The normalized spacial score (nSPS) is 10.7. The summed E-state index contributed by atoms with van der Waals surface area (Å²) < 4.78 is 5.32. The number of nitrogen functional groups attached to an aromatic ring is 1. The number of rotatable bonds is 1. The molecule has 2 N–H and O–H groups in total. The Labute approximate surface area is 80.7 Å². The summed E-state index contributed by atoms with van der Waals surface area (Å²) in [5.41, 5.74) is 6.90. The lowest BCUT2D eigenvalue weighted by molar-refractivity contribution is 0.0988. The van der Waals surface area contributed by atoms with E-state index in [1.165, 1.54) is 6.92 Å². The van der Waals surface area contributed by atoms with Crippen molar-refractivity contribution in [3.05, 3.63) is 23.8 Å². The van der Waals surface area contributed by atoms with Gasteiger partial charge in [-0.25, -0.2) is 0 Å². The molecule has 0 saturated carbocycles. The summed E-state index contributed by atoms with van der Waals surface area (Å²) in [6.07, 6.45) is 1.57. The summed E-state index contributed by atoms with van der Waals surface area (Å²) in [7, 11) is 0. The first-order valence-electron chi connectivity index (χ1n) is 4.25. The van der Waals surface area contributed by atoms with Gasteiger partial charge in [0.2, 0.25) is 0 Å². The molecule has 0 aliphatic carbocycles. The number of nitrogens with zero attached hydrogens (tertiary/aromatic N) is 1. The number of furan rings is 1. The summed E-state index contributed by atoms with van der Waals surface area (Å²) in [5, 5.41) is 0.734. The van der Waals surface area contributed by atoms with Crippen LogP contribution < -0.4 is 5.73 Å². The molecule has 0 radical (unpaired) electrons. The quantitative estimate of drug-likeness (QED) is 0.697. The Morgan fingerprint density at radius 3 is 2.93 bits per heavy atom. The lowest BCUT2D eigenvalue weighted by atomic mass is 10.2. The van der Waals surface area contributed by atoms with Crippen molar-refractivity contribution in [1.82, 2.24) is 4.98 Å². The van der Waals surface area contributed by atoms with E-state index in [0.717, 1.165) is 5.39 Å². The smallest absolute Gasteiger partial charge is 0.197 e. The molecule has 2 aromatic heterocycles. The number of carbonyl (C=O) groups is 1. The topological polar surface area (TPSA) is 69.1 Å². The molecule has 2 aromatic rings. The van der Waals surface area contributed by atoms with Gasteiger partial charge in [-0.3, -0.25) is 9.78 Å². The number of fused-ring (bicyclic) bond motifs is 1. The second-order valence-electron chi connectivity index (χ2n) is 3.17. The molecule has 14 heavy (non-hydrogen) atoms. The van der Waals surface area contributed by atoms with Gasteiger partial charge in [0.25, 0.3) is 0 Å². The highest BCUT2D eigenvalue weighted by atomic mass is 16.3. The van der Waals surface area contributed by atoms with E-state index < -0.39 is 0 Å². The maximum Gasteiger partial charge on any atom is 0.197 e. The molecule has 0 aliphatic heterocycles. The van der Waals surface area contributed by atoms with Crippen LogP contribution in [0.1, 0.15) is 23.2 Å². The summed E-state index contributed by atoms with van der Waals surface area (Å²) in [6, 6.07) is 1.69. The van der Waals surface area contributed by atoms with Crippen LogP contribution in [0.15, 0.2) is 16.7 Å². The van der Waals surface area contributed by atoms with Crippen molar-refractivity contribution >= 4 is 22.4 Å². The summed E-state index contributed by atoms with van der Waals surface area (Å²) >= 11 is 0. The van der Waals surface area contributed by atoms with Crippen LogP contribution in [0, 0.1) is 6.92 Å². The molecule has 0 spiro atoms. The van der Waals surface area contributed by atoms with Gasteiger partial charge >= 0.3 is 0 Å². The number of hydrogen-bond acceptors (Lipinski definition) is 4. The monoisotopic (exact) mass is 190 g/mol. The summed E-state index contributed by atoms with van der Waals surface area (Å²) in [4.78, 5) is 15.3. The van der Waals surface area contributed by atoms with Crippen LogP contribution in [0.2, 0.25) is 0 Å². The number of nitrogens with two attached hydrogens (primary N) is 1. The largest absolute Gasteiger partial charge is 0.455 e. The van der Waals surface area contributed by atoms with Crippen LogP contribution in [0.5, 0.6) is 0 Å². The Balaban J connectivity index is 2.91. The summed E-state index contributed by atoms with van der Waals surface area (Å²) in [5.74, 6) is 0.779. The van der Waals surface area contributed by atoms with Gasteiger partial charge in [-0.05, 0) is 13.0 Å². The van der Waals surface area contributed by atoms with Crippen molar-refractivity contribution in [1.29, 1.82) is 0 Å². The second-order valence-corrected chi connectivity index (χ2v) is 3.17. The van der Waals surface area contributed by atoms with Gasteiger partial charge in [0.1, 0.15) is 11.3 Å². The Morgan fingerprint density at radius 1 is 1.57 bits per heavy atom. The molecule has 0 fully saturated rings. The standard InChI is InChI=1S/C10H10N2O2/c1-5(13)10-9-8(6(2)14-10)7(11)3-4-12-9/h3-4H,11H2,1-2H3. The fraction of sp³-hybridized carbons (Fsp3) is 0.200. The second kappa shape index (κ2) is 2.83. The maximum atomic E-state index is 11.2. The van der Waals surface area contributed by atoms with Crippen LogP contribution in [0.25, 0.3) is 10.9 Å². The van der Waals surface area contributed by atoms with Crippen molar-refractivity contribution in [2.45, 2.75) is 13.8 Å². The van der Waals surface area contributed by atoms with E-state index in [1.807, 2.05) is 0 Å². The highest BCUT2D eigenvalue weighted by molar-refractivity contribution is 6.06. The molecule has 0 unspecified atom stereocenters. The molecular weight excluding hydrogens is 180 g/mol. The van der Waals surface area contributed by atoms with E-state index in [1.54, 1.807) is 19.2 Å². The minimum absolute atomic E-state index is 0.138. The minimum Gasteiger partial charge on any atom is -0.455 e. The number of aryl methyl sites for hydroxylation is 1. The fourth-order valence-electron chi connectivity index (χ4n) is 1.51. The third kappa shape index (κ3) is 1.08. The zero-order valence-electron chi connectivity index (χ0n) is 8.00. The minimum atomic E-state index is -0.138. The van der Waals surface area contributed by atoms with Crippen molar-refractivity contribution in [3.8, 4) is 0 Å². The lowest BCUT2D eigenvalue weighted by Gasteiger charge is -1.94. The molecule has 0 aliphatic rings. The molecule has 0 atom stereocenters. The third-order valence-corrected chi connectivity index (χ3v) is 2.13. The number of anilines is 1. The third-order valence-electron chi connectivity index (χ3n) is 2.13. The van der Waals surface area contributed by atoms with Gasteiger partial charge in [0.05, 0.1) is 5.39 Å². The van der Waals surface area contributed by atoms with Crippen LogP contribution in [-0.2, 0) is 0 Å². The zero-order valence-corrected chi connectivity index (χ0v) is 8.00. The van der Waals surface area contributed by atoms with E-state index >= 15 is 0 Å². The van der Waals surface area contributed by atoms with E-state index in [0.29, 0.717) is 17.0 Å². The summed E-state index contributed by atoms with van der Waals surface area (Å²) in [6.45, 7) is 3.22. The van der Waals surface area contributed by atoms with Crippen LogP contribution in [0.3, 0.4) is 0 Å². The van der Waals surface area contributed by atoms with Crippen LogP contribution in [0.4, 0.5) is 5.69 Å². The molecule has 0 saturated heterocycles. The first kappa shape index (κ1) is 8.74. The number of aromatic nitrogens is 1. The van der Waals surface area contributed by atoms with Gasteiger partial charge in [0.15, 0.2) is 11.5 Å². The molecule has 0 bridgehead atoms. The van der Waals surface area contributed by atoms with Gasteiger partial charge in [-0.1, -0.05) is 0 Å². The average Bonchev–Trinajstić information content (AvgIpc) is 2.45. The van der Waals surface area contributed by atoms with Gasteiger partial charge in [-0.2, -0.15) is 0 Å². The van der Waals surface area contributed by atoms with E-state index in [9.17, 15) is 4.79 Å². The SMILES string of the molecule is CC(=O)c1oc(C)c2c(N)ccnc12. The van der Waals surface area contributed by atoms with E-state index in [2.05, 4.69) is 4.98 Å². The van der Waals surface area contributed by atoms with Gasteiger partial charge in [-0.15, -0.1) is 0 Å². The van der Waals surface area contributed by atoms with Gasteiger partial charge < -0.3 is 10.2 Å². The lowest BCUT2D eigenvalue weighted by Crippen LogP contribution is -1.92. The number of pyridine rings is 1. The molecule has 0 aromatic carbocycles. The van der Waals surface area contributed by atoms with Crippen LogP contribution >= 0.6 is 0 Å². The van der Waals surface area contributed by atoms with Crippen molar-refractivity contribution in [2.75, 3.05) is 5.73 Å². The van der Waals surface area contributed by atoms with Crippen molar-refractivity contribution in [3.63, 3.8) is 0 Å². The molecule has 4 nitrogen and oxygen atoms in total. The number of ketones is 1. The van der Waals surface area contributed by atoms with Crippen LogP contribution in [-0.4, -0.2) is 10.8 Å².